The van der Waals surface area contributed by atoms with Crippen LogP contribution in [0.5, 0.6) is 11.5 Å². The second-order valence-corrected chi connectivity index (χ2v) is 5.63. The van der Waals surface area contributed by atoms with Gasteiger partial charge in [0.1, 0.15) is 11.5 Å². The fourth-order valence-corrected chi connectivity index (χ4v) is 2.59. The lowest BCUT2D eigenvalue weighted by atomic mass is 9.88. The van der Waals surface area contributed by atoms with Gasteiger partial charge in [-0.15, -0.1) is 0 Å². The molecule has 0 saturated carbocycles. The van der Waals surface area contributed by atoms with Crippen molar-refractivity contribution in [1.29, 1.82) is 0 Å². The molecular weight excluding hydrogens is 292 g/mol. The van der Waals surface area contributed by atoms with Crippen LogP contribution in [0.1, 0.15) is 37.3 Å². The average molecular weight is 314 g/mol. The van der Waals surface area contributed by atoms with Crippen LogP contribution >= 0.6 is 0 Å². The SMILES string of the molecule is COc1ccccc1[C@H](CC(=O)O)c1ccc(OC(C)C)cc1. The number of carboxylic acids is 1. The lowest BCUT2D eigenvalue weighted by Crippen LogP contribution is -2.10. The molecule has 0 aromatic heterocycles. The van der Waals surface area contributed by atoms with Crippen molar-refractivity contribution < 1.29 is 19.4 Å². The van der Waals surface area contributed by atoms with Crippen LogP contribution in [0.2, 0.25) is 0 Å². The Kier molecular flexibility index (Phi) is 5.63. The predicted octanol–water partition coefficient (Wildman–Crippen LogP) is 4.09. The Morgan fingerprint density at radius 3 is 2.30 bits per heavy atom. The summed E-state index contributed by atoms with van der Waals surface area (Å²) >= 11 is 0. The van der Waals surface area contributed by atoms with E-state index in [9.17, 15) is 9.90 Å². The van der Waals surface area contributed by atoms with E-state index in [2.05, 4.69) is 0 Å². The van der Waals surface area contributed by atoms with Gasteiger partial charge in [-0.2, -0.15) is 0 Å². The molecule has 0 aliphatic carbocycles. The van der Waals surface area contributed by atoms with Crippen LogP contribution in [-0.2, 0) is 4.79 Å². The summed E-state index contributed by atoms with van der Waals surface area (Å²) in [7, 11) is 1.59. The summed E-state index contributed by atoms with van der Waals surface area (Å²) in [4.78, 5) is 11.3. The van der Waals surface area contributed by atoms with E-state index in [0.717, 1.165) is 16.9 Å². The molecule has 1 atom stereocenters. The van der Waals surface area contributed by atoms with Crippen LogP contribution in [-0.4, -0.2) is 24.3 Å². The molecule has 1 N–H and O–H groups in total. The molecule has 4 nitrogen and oxygen atoms in total. The number of para-hydroxylation sites is 1. The fraction of sp³-hybridized carbons (Fsp3) is 0.316. The van der Waals surface area contributed by atoms with Crippen molar-refractivity contribution >= 4 is 5.97 Å². The highest BCUT2D eigenvalue weighted by Gasteiger charge is 2.21. The molecule has 2 rings (SSSR count). The second-order valence-electron chi connectivity index (χ2n) is 5.63. The molecule has 4 heteroatoms. The second kappa shape index (κ2) is 7.68. The molecule has 0 unspecified atom stereocenters. The standard InChI is InChI=1S/C19H22O4/c1-13(2)23-15-10-8-14(9-11-15)17(12-19(20)21)16-6-4-5-7-18(16)22-3/h4-11,13,17H,12H2,1-3H3,(H,20,21)/t17-/m1/s1. The van der Waals surface area contributed by atoms with E-state index in [1.165, 1.54) is 0 Å². The Morgan fingerprint density at radius 1 is 1.09 bits per heavy atom. The van der Waals surface area contributed by atoms with Gasteiger partial charge in [-0.25, -0.2) is 0 Å². The molecule has 0 fully saturated rings. The zero-order chi connectivity index (χ0) is 16.8. The Labute approximate surface area is 136 Å². The normalized spacial score (nSPS) is 12.0. The van der Waals surface area contributed by atoms with Crippen molar-refractivity contribution in [2.45, 2.75) is 32.3 Å². The summed E-state index contributed by atoms with van der Waals surface area (Å²) in [6.07, 6.45) is 0.106. The number of hydrogen-bond donors (Lipinski definition) is 1. The van der Waals surface area contributed by atoms with Crippen LogP contribution < -0.4 is 9.47 Å². The monoisotopic (exact) mass is 314 g/mol. The molecule has 0 aliphatic rings. The van der Waals surface area contributed by atoms with Gasteiger partial charge in [0.15, 0.2) is 0 Å². The number of aliphatic carboxylic acids is 1. The number of carboxylic acid groups (broad SMARTS) is 1. The van der Waals surface area contributed by atoms with Crippen molar-refractivity contribution in [3.8, 4) is 11.5 Å². The molecular formula is C19H22O4. The first-order valence-electron chi connectivity index (χ1n) is 7.62. The molecule has 23 heavy (non-hydrogen) atoms. The van der Waals surface area contributed by atoms with Gasteiger partial charge in [-0.1, -0.05) is 30.3 Å². The zero-order valence-electron chi connectivity index (χ0n) is 13.7. The van der Waals surface area contributed by atoms with Gasteiger partial charge in [0.2, 0.25) is 0 Å². The zero-order valence-corrected chi connectivity index (χ0v) is 13.7. The molecule has 0 spiro atoms. The number of rotatable bonds is 7. The van der Waals surface area contributed by atoms with E-state index < -0.39 is 5.97 Å². The molecule has 0 aliphatic heterocycles. The Hall–Kier alpha value is -2.49. The van der Waals surface area contributed by atoms with Crippen molar-refractivity contribution in [3.05, 3.63) is 59.7 Å². The molecule has 0 saturated heterocycles. The summed E-state index contributed by atoms with van der Waals surface area (Å²) in [5.41, 5.74) is 1.79. The molecule has 0 bridgehead atoms. The van der Waals surface area contributed by atoms with Gasteiger partial charge in [0.25, 0.3) is 0 Å². The highest BCUT2D eigenvalue weighted by atomic mass is 16.5. The van der Waals surface area contributed by atoms with Crippen LogP contribution in [0.3, 0.4) is 0 Å². The van der Waals surface area contributed by atoms with E-state index in [0.29, 0.717) is 5.75 Å². The van der Waals surface area contributed by atoms with Crippen LogP contribution in [0.15, 0.2) is 48.5 Å². The number of ether oxygens (including phenoxy) is 2. The number of methoxy groups -OCH3 is 1. The number of benzene rings is 2. The third kappa shape index (κ3) is 4.49. The molecule has 0 heterocycles. The Morgan fingerprint density at radius 2 is 1.74 bits per heavy atom. The van der Waals surface area contributed by atoms with E-state index in [1.54, 1.807) is 7.11 Å². The summed E-state index contributed by atoms with van der Waals surface area (Å²) in [6.45, 7) is 3.94. The third-order valence-corrected chi connectivity index (χ3v) is 3.55. The number of carbonyl (C=O) groups is 1. The molecule has 122 valence electrons. The fourth-order valence-electron chi connectivity index (χ4n) is 2.59. The smallest absolute Gasteiger partial charge is 0.304 e. The van der Waals surface area contributed by atoms with Crippen LogP contribution in [0.25, 0.3) is 0 Å². The topological polar surface area (TPSA) is 55.8 Å². The maximum Gasteiger partial charge on any atom is 0.304 e. The largest absolute Gasteiger partial charge is 0.496 e. The minimum atomic E-state index is -0.844. The number of hydrogen-bond acceptors (Lipinski definition) is 3. The first-order valence-corrected chi connectivity index (χ1v) is 7.62. The van der Waals surface area contributed by atoms with Gasteiger partial charge in [0, 0.05) is 11.5 Å². The van der Waals surface area contributed by atoms with Crippen LogP contribution in [0.4, 0.5) is 0 Å². The maximum atomic E-state index is 11.3. The van der Waals surface area contributed by atoms with Gasteiger partial charge in [-0.3, -0.25) is 4.79 Å². The van der Waals surface area contributed by atoms with E-state index >= 15 is 0 Å². The van der Waals surface area contributed by atoms with Gasteiger partial charge < -0.3 is 14.6 Å². The third-order valence-electron chi connectivity index (χ3n) is 3.55. The van der Waals surface area contributed by atoms with Crippen molar-refractivity contribution in [2.24, 2.45) is 0 Å². The Bertz CT molecular complexity index is 647. The van der Waals surface area contributed by atoms with Crippen molar-refractivity contribution in [2.75, 3.05) is 7.11 Å². The van der Waals surface area contributed by atoms with E-state index in [1.807, 2.05) is 62.4 Å². The highest BCUT2D eigenvalue weighted by molar-refractivity contribution is 5.69. The van der Waals surface area contributed by atoms with Gasteiger partial charge in [-0.05, 0) is 37.6 Å². The molecule has 2 aromatic carbocycles. The quantitative estimate of drug-likeness (QED) is 0.836. The first-order chi connectivity index (χ1) is 11.0. The molecule has 0 amide bonds. The lowest BCUT2D eigenvalue weighted by Gasteiger charge is -2.19. The van der Waals surface area contributed by atoms with Crippen molar-refractivity contribution in [3.63, 3.8) is 0 Å². The van der Waals surface area contributed by atoms with E-state index in [-0.39, 0.29) is 18.4 Å². The summed E-state index contributed by atoms with van der Waals surface area (Å²) in [6, 6.07) is 15.1. The molecule has 0 radical (unpaired) electrons. The maximum absolute atomic E-state index is 11.3. The molecule has 2 aromatic rings. The van der Waals surface area contributed by atoms with Crippen molar-refractivity contribution in [1.82, 2.24) is 0 Å². The lowest BCUT2D eigenvalue weighted by molar-refractivity contribution is -0.137. The average Bonchev–Trinajstić information content (AvgIpc) is 2.53. The summed E-state index contributed by atoms with van der Waals surface area (Å²) in [5.74, 6) is 0.360. The van der Waals surface area contributed by atoms with Gasteiger partial charge >= 0.3 is 5.97 Å². The Balaban J connectivity index is 2.37. The minimum Gasteiger partial charge on any atom is -0.496 e. The minimum absolute atomic E-state index is 0.00472. The first kappa shape index (κ1) is 16.9. The van der Waals surface area contributed by atoms with Gasteiger partial charge in [0.05, 0.1) is 19.6 Å². The predicted molar refractivity (Wildman–Crippen MR) is 89.3 cm³/mol. The summed E-state index contributed by atoms with van der Waals surface area (Å²) in [5, 5.41) is 9.28. The summed E-state index contributed by atoms with van der Waals surface area (Å²) < 4.78 is 11.0. The van der Waals surface area contributed by atoms with E-state index in [4.69, 9.17) is 9.47 Å². The van der Waals surface area contributed by atoms with Crippen LogP contribution in [0, 0.1) is 0 Å². The highest BCUT2D eigenvalue weighted by Crippen LogP contribution is 2.35.